The van der Waals surface area contributed by atoms with Gasteiger partial charge in [-0.15, -0.1) is 0 Å². The van der Waals surface area contributed by atoms with Crippen molar-refractivity contribution in [3.63, 3.8) is 0 Å². The van der Waals surface area contributed by atoms with Gasteiger partial charge in [0.1, 0.15) is 17.2 Å². The monoisotopic (exact) mass is 442 g/mol. The number of nitrogens with one attached hydrogen (secondary N) is 1. The Labute approximate surface area is 183 Å². The second-order valence-corrected chi connectivity index (χ2v) is 6.69. The molecule has 1 saturated heterocycles. The van der Waals surface area contributed by atoms with Crippen molar-refractivity contribution in [3.05, 3.63) is 59.2 Å². The van der Waals surface area contributed by atoms with Crippen molar-refractivity contribution in [2.45, 2.75) is 26.5 Å². The largest absolute Gasteiger partial charge is 0.478 e. The quantitative estimate of drug-likeness (QED) is 0.376. The average Bonchev–Trinajstić information content (AvgIpc) is 3.35. The van der Waals surface area contributed by atoms with Crippen LogP contribution < -0.4 is 10.1 Å². The first-order valence-electron chi connectivity index (χ1n) is 9.78. The smallest absolute Gasteiger partial charge is 0.373 e. The Balaban J connectivity index is 1.77. The fourth-order valence-electron chi connectivity index (χ4n) is 2.91. The van der Waals surface area contributed by atoms with Gasteiger partial charge in [-0.3, -0.25) is 9.69 Å². The maximum atomic E-state index is 12.8. The van der Waals surface area contributed by atoms with Crippen molar-refractivity contribution in [2.24, 2.45) is 0 Å². The van der Waals surface area contributed by atoms with Crippen molar-refractivity contribution in [2.75, 3.05) is 13.7 Å². The van der Waals surface area contributed by atoms with Gasteiger partial charge in [0.05, 0.1) is 20.3 Å². The lowest BCUT2D eigenvalue weighted by atomic mass is 10.1. The molecule has 0 bridgehead atoms. The molecule has 0 spiro atoms. The van der Waals surface area contributed by atoms with Gasteiger partial charge in [0.25, 0.3) is 5.91 Å². The topological polar surface area (TPSA) is 124 Å². The first kappa shape index (κ1) is 22.6. The molecule has 10 heteroatoms. The van der Waals surface area contributed by atoms with E-state index in [9.17, 15) is 19.2 Å². The van der Waals surface area contributed by atoms with Crippen LogP contribution in [0, 0.1) is 0 Å². The molecule has 32 heavy (non-hydrogen) atoms. The number of amides is 3. The first-order chi connectivity index (χ1) is 15.3. The molecular weight excluding hydrogens is 420 g/mol. The summed E-state index contributed by atoms with van der Waals surface area (Å²) in [6, 6.07) is 8.99. The van der Waals surface area contributed by atoms with Gasteiger partial charge in [0.15, 0.2) is 6.10 Å². The Morgan fingerprint density at radius 3 is 2.66 bits per heavy atom. The number of hydrogen-bond acceptors (Lipinski definition) is 8. The summed E-state index contributed by atoms with van der Waals surface area (Å²) in [7, 11) is 1.22. The number of methoxy groups -OCH3 is 1. The van der Waals surface area contributed by atoms with Gasteiger partial charge >= 0.3 is 18.0 Å². The van der Waals surface area contributed by atoms with Gasteiger partial charge in [0.2, 0.25) is 5.76 Å². The minimum atomic E-state index is -0.858. The number of carbonyl (C=O) groups is 4. The molecule has 1 atom stereocenters. The van der Waals surface area contributed by atoms with E-state index in [1.807, 2.05) is 0 Å². The van der Waals surface area contributed by atoms with Crippen LogP contribution in [-0.2, 0) is 25.6 Å². The molecule has 0 aliphatic carbocycles. The third-order valence-electron chi connectivity index (χ3n) is 4.47. The van der Waals surface area contributed by atoms with E-state index in [1.165, 1.54) is 25.3 Å². The summed E-state index contributed by atoms with van der Waals surface area (Å²) in [6.45, 7) is 3.31. The Kier molecular flexibility index (Phi) is 6.93. The van der Waals surface area contributed by atoms with Crippen LogP contribution >= 0.6 is 0 Å². The summed E-state index contributed by atoms with van der Waals surface area (Å²) >= 11 is 0. The number of esters is 2. The van der Waals surface area contributed by atoms with Crippen LogP contribution in [0.3, 0.4) is 0 Å². The Hall–Kier alpha value is -4.08. The van der Waals surface area contributed by atoms with E-state index < -0.39 is 30.0 Å². The van der Waals surface area contributed by atoms with E-state index in [-0.39, 0.29) is 30.4 Å². The van der Waals surface area contributed by atoms with Gasteiger partial charge in [-0.05, 0) is 38.1 Å². The summed E-state index contributed by atoms with van der Waals surface area (Å²) in [5.41, 5.74) is 0.509. The number of nitrogens with zero attached hydrogens (tertiary/aromatic N) is 1. The van der Waals surface area contributed by atoms with Crippen molar-refractivity contribution >= 4 is 30.0 Å². The molecule has 168 valence electrons. The van der Waals surface area contributed by atoms with E-state index in [1.54, 1.807) is 38.1 Å². The van der Waals surface area contributed by atoms with Crippen molar-refractivity contribution < 1.29 is 37.8 Å². The molecule has 1 aromatic carbocycles. The van der Waals surface area contributed by atoms with Crippen molar-refractivity contribution in [1.82, 2.24) is 10.2 Å². The van der Waals surface area contributed by atoms with Gasteiger partial charge in [-0.2, -0.15) is 0 Å². The summed E-state index contributed by atoms with van der Waals surface area (Å²) in [5, 5.41) is 2.50. The summed E-state index contributed by atoms with van der Waals surface area (Å²) in [4.78, 5) is 49.4. The summed E-state index contributed by atoms with van der Waals surface area (Å²) in [5.74, 6) is -1.22. The number of para-hydroxylation sites is 1. The molecular formula is C22H22N2O8. The van der Waals surface area contributed by atoms with Crippen LogP contribution in [0.2, 0.25) is 0 Å². The van der Waals surface area contributed by atoms with Crippen molar-refractivity contribution in [1.29, 1.82) is 0 Å². The van der Waals surface area contributed by atoms with Crippen LogP contribution in [0.15, 0.2) is 46.5 Å². The molecule has 1 fully saturated rings. The normalized spacial score (nSPS) is 15.5. The molecule has 1 unspecified atom stereocenters. The molecule has 1 aromatic heterocycles. The van der Waals surface area contributed by atoms with E-state index in [0.29, 0.717) is 11.3 Å². The molecule has 3 rings (SSSR count). The predicted octanol–water partition coefficient (Wildman–Crippen LogP) is 2.49. The summed E-state index contributed by atoms with van der Waals surface area (Å²) in [6.07, 6.45) is 0.595. The highest BCUT2D eigenvalue weighted by atomic mass is 16.6. The standard InChI is InChI=1S/C22H22N2O8/c1-4-30-20(26)13(2)31-17-8-6-5-7-14(17)11-16-19(25)24(22(28)23-16)12-15-9-10-18(32-15)21(27)29-3/h5-11,13H,4,12H2,1-3H3,(H,23,28). The van der Waals surface area contributed by atoms with Gasteiger partial charge in [-0.1, -0.05) is 18.2 Å². The Bertz CT molecular complexity index is 1070. The van der Waals surface area contributed by atoms with E-state index in [2.05, 4.69) is 10.1 Å². The van der Waals surface area contributed by atoms with Crippen LogP contribution in [0.25, 0.3) is 6.08 Å². The number of benzene rings is 1. The lowest BCUT2D eigenvalue weighted by molar-refractivity contribution is -0.150. The number of imide groups is 1. The SMILES string of the molecule is CCOC(=O)C(C)Oc1ccccc1C=C1NC(=O)N(Cc2ccc(C(=O)OC)o2)C1=O. The summed E-state index contributed by atoms with van der Waals surface area (Å²) < 4.78 is 20.5. The number of urea groups is 1. The number of ether oxygens (including phenoxy) is 3. The minimum Gasteiger partial charge on any atom is -0.478 e. The third kappa shape index (κ3) is 4.97. The zero-order chi connectivity index (χ0) is 23.3. The molecule has 3 amide bonds. The zero-order valence-electron chi connectivity index (χ0n) is 17.7. The molecule has 0 radical (unpaired) electrons. The van der Waals surface area contributed by atoms with Crippen molar-refractivity contribution in [3.8, 4) is 5.75 Å². The maximum Gasteiger partial charge on any atom is 0.373 e. The van der Waals surface area contributed by atoms with Crippen LogP contribution in [0.5, 0.6) is 5.75 Å². The highest BCUT2D eigenvalue weighted by molar-refractivity contribution is 6.14. The number of rotatable bonds is 8. The fourth-order valence-corrected chi connectivity index (χ4v) is 2.91. The molecule has 0 saturated carbocycles. The molecule has 10 nitrogen and oxygen atoms in total. The van der Waals surface area contributed by atoms with Crippen LogP contribution in [0.4, 0.5) is 4.79 Å². The first-order valence-corrected chi connectivity index (χ1v) is 9.78. The minimum absolute atomic E-state index is 0.0228. The highest BCUT2D eigenvalue weighted by Gasteiger charge is 2.34. The number of furan rings is 1. The van der Waals surface area contributed by atoms with Gasteiger partial charge in [0, 0.05) is 5.56 Å². The van der Waals surface area contributed by atoms with Gasteiger partial charge in [-0.25, -0.2) is 14.4 Å². The highest BCUT2D eigenvalue weighted by Crippen LogP contribution is 2.25. The lowest BCUT2D eigenvalue weighted by Gasteiger charge is -2.15. The average molecular weight is 442 g/mol. The number of carbonyl (C=O) groups excluding carboxylic acids is 4. The third-order valence-corrected chi connectivity index (χ3v) is 4.47. The molecule has 1 aliphatic heterocycles. The lowest BCUT2D eigenvalue weighted by Crippen LogP contribution is -2.30. The van der Waals surface area contributed by atoms with Gasteiger partial charge < -0.3 is 23.9 Å². The molecule has 2 aromatic rings. The van der Waals surface area contributed by atoms with E-state index >= 15 is 0 Å². The molecule has 1 N–H and O–H groups in total. The Morgan fingerprint density at radius 1 is 1.19 bits per heavy atom. The second kappa shape index (κ2) is 9.82. The Morgan fingerprint density at radius 2 is 1.94 bits per heavy atom. The van der Waals surface area contributed by atoms with E-state index in [0.717, 1.165) is 4.90 Å². The number of hydrogen-bond donors (Lipinski definition) is 1. The maximum absolute atomic E-state index is 12.8. The molecule has 2 heterocycles. The van der Waals surface area contributed by atoms with Crippen LogP contribution in [0.1, 0.15) is 35.7 Å². The second-order valence-electron chi connectivity index (χ2n) is 6.69. The predicted molar refractivity (Wildman–Crippen MR) is 110 cm³/mol. The van der Waals surface area contributed by atoms with E-state index in [4.69, 9.17) is 13.9 Å². The van der Waals surface area contributed by atoms with Crippen LogP contribution in [-0.4, -0.2) is 48.6 Å². The zero-order valence-corrected chi connectivity index (χ0v) is 17.7. The fraction of sp³-hybridized carbons (Fsp3) is 0.273. The molecule has 1 aliphatic rings.